The van der Waals surface area contributed by atoms with Gasteiger partial charge in [0.05, 0.1) is 6.04 Å². The molecule has 1 aliphatic heterocycles. The number of halogens is 1. The Labute approximate surface area is 189 Å². The first-order chi connectivity index (χ1) is 15.0. The minimum atomic E-state index is -0.521. The molecule has 2 aromatic rings. The van der Waals surface area contributed by atoms with Crippen LogP contribution in [0.4, 0.5) is 9.18 Å². The number of H-pyrrole nitrogens is 1. The Bertz CT molecular complexity index is 961. The second kappa shape index (κ2) is 9.92. The lowest BCUT2D eigenvalue weighted by atomic mass is 9.91. The molecule has 0 bridgehead atoms. The minimum absolute atomic E-state index is 0.0263. The fourth-order valence-electron chi connectivity index (χ4n) is 4.39. The Morgan fingerprint density at radius 2 is 2.03 bits per heavy atom. The number of amides is 2. The number of aromatic nitrogens is 1. The molecule has 0 fully saturated rings. The van der Waals surface area contributed by atoms with E-state index in [2.05, 4.69) is 24.1 Å². The molecular formula is C25H36FN3O3. The van der Waals surface area contributed by atoms with Gasteiger partial charge in [0.25, 0.3) is 0 Å². The van der Waals surface area contributed by atoms with E-state index >= 15 is 0 Å². The van der Waals surface area contributed by atoms with E-state index in [9.17, 15) is 14.0 Å². The van der Waals surface area contributed by atoms with Crippen LogP contribution in [-0.2, 0) is 16.0 Å². The molecule has 0 aliphatic carbocycles. The van der Waals surface area contributed by atoms with Gasteiger partial charge in [0.1, 0.15) is 11.4 Å². The van der Waals surface area contributed by atoms with Crippen molar-refractivity contribution >= 4 is 22.9 Å². The van der Waals surface area contributed by atoms with Crippen LogP contribution in [-0.4, -0.2) is 40.6 Å². The molecule has 1 aliphatic rings. The number of ether oxygens (including phenoxy) is 1. The van der Waals surface area contributed by atoms with Crippen molar-refractivity contribution in [3.05, 3.63) is 35.3 Å². The van der Waals surface area contributed by atoms with Crippen molar-refractivity contribution in [2.75, 3.05) is 13.1 Å². The first-order valence-corrected chi connectivity index (χ1v) is 11.6. The largest absolute Gasteiger partial charge is 0.444 e. The molecule has 1 unspecified atom stereocenters. The van der Waals surface area contributed by atoms with Gasteiger partial charge in [-0.1, -0.05) is 13.8 Å². The molecule has 0 radical (unpaired) electrons. The number of rotatable bonds is 7. The van der Waals surface area contributed by atoms with Gasteiger partial charge in [-0.05, 0) is 76.1 Å². The van der Waals surface area contributed by atoms with Gasteiger partial charge >= 0.3 is 6.09 Å². The van der Waals surface area contributed by atoms with Crippen molar-refractivity contribution in [1.29, 1.82) is 0 Å². The van der Waals surface area contributed by atoms with Crippen molar-refractivity contribution in [1.82, 2.24) is 15.2 Å². The number of fused-ring (bicyclic) bond motifs is 3. The molecule has 2 amide bonds. The molecule has 0 saturated carbocycles. The van der Waals surface area contributed by atoms with E-state index in [-0.39, 0.29) is 17.8 Å². The van der Waals surface area contributed by atoms with Crippen LogP contribution in [0.5, 0.6) is 0 Å². The van der Waals surface area contributed by atoms with E-state index < -0.39 is 11.7 Å². The van der Waals surface area contributed by atoms with E-state index in [1.54, 1.807) is 0 Å². The standard InChI is InChI=1S/C25H36FN3O3/c1-16(2)14-21-23-19(18-10-9-17(26)15-20(18)28-23)11-13-29(21)22(30)8-6-7-12-27-24(31)32-25(3,4)5/h9-10,15-16,21,28H,6-8,11-14H2,1-5H3,(H,27,31). The Morgan fingerprint density at radius 1 is 1.28 bits per heavy atom. The average Bonchev–Trinajstić information content (AvgIpc) is 3.04. The number of nitrogens with one attached hydrogen (secondary N) is 2. The van der Waals surface area contributed by atoms with Gasteiger partial charge in [-0.2, -0.15) is 0 Å². The van der Waals surface area contributed by atoms with Crippen LogP contribution < -0.4 is 5.32 Å². The number of benzene rings is 1. The molecule has 0 saturated heterocycles. The number of nitrogens with zero attached hydrogens (tertiary/aromatic N) is 1. The maximum atomic E-state index is 13.7. The smallest absolute Gasteiger partial charge is 0.407 e. The highest BCUT2D eigenvalue weighted by Crippen LogP contribution is 2.38. The van der Waals surface area contributed by atoms with E-state index in [1.165, 1.54) is 17.7 Å². The van der Waals surface area contributed by atoms with Crippen LogP contribution in [0.2, 0.25) is 0 Å². The molecule has 1 aromatic carbocycles. The summed E-state index contributed by atoms with van der Waals surface area (Å²) in [5.41, 5.74) is 2.53. The van der Waals surface area contributed by atoms with Gasteiger partial charge in [-0.15, -0.1) is 0 Å². The lowest BCUT2D eigenvalue weighted by Gasteiger charge is -2.37. The highest BCUT2D eigenvalue weighted by molar-refractivity contribution is 5.86. The fraction of sp³-hybridized carbons (Fsp3) is 0.600. The number of aromatic amines is 1. The second-order valence-electron chi connectivity index (χ2n) is 10.1. The second-order valence-corrected chi connectivity index (χ2v) is 10.1. The van der Waals surface area contributed by atoms with Crippen molar-refractivity contribution in [2.24, 2.45) is 5.92 Å². The summed E-state index contributed by atoms with van der Waals surface area (Å²) >= 11 is 0. The Balaban J connectivity index is 1.61. The van der Waals surface area contributed by atoms with E-state index in [0.717, 1.165) is 29.4 Å². The van der Waals surface area contributed by atoms with Crippen LogP contribution in [0, 0.1) is 11.7 Å². The number of alkyl carbamates (subject to hydrolysis) is 1. The summed E-state index contributed by atoms with van der Waals surface area (Å²) in [7, 11) is 0. The Morgan fingerprint density at radius 3 is 2.72 bits per heavy atom. The predicted molar refractivity (Wildman–Crippen MR) is 124 cm³/mol. The van der Waals surface area contributed by atoms with Gasteiger partial charge in [-0.25, -0.2) is 9.18 Å². The average molecular weight is 446 g/mol. The first kappa shape index (κ1) is 24.1. The molecule has 7 heteroatoms. The summed E-state index contributed by atoms with van der Waals surface area (Å²) in [5, 5.41) is 3.79. The highest BCUT2D eigenvalue weighted by Gasteiger charge is 2.33. The molecule has 2 heterocycles. The number of hydrogen-bond donors (Lipinski definition) is 2. The number of hydrogen-bond acceptors (Lipinski definition) is 3. The maximum absolute atomic E-state index is 13.7. The zero-order valence-corrected chi connectivity index (χ0v) is 19.9. The lowest BCUT2D eigenvalue weighted by molar-refractivity contribution is -0.134. The third kappa shape index (κ3) is 6.02. The predicted octanol–water partition coefficient (Wildman–Crippen LogP) is 5.47. The molecule has 32 heavy (non-hydrogen) atoms. The highest BCUT2D eigenvalue weighted by atomic mass is 19.1. The van der Waals surface area contributed by atoms with Crippen LogP contribution in [0.25, 0.3) is 10.9 Å². The van der Waals surface area contributed by atoms with Crippen molar-refractivity contribution in [2.45, 2.75) is 78.4 Å². The Kier molecular flexibility index (Phi) is 7.47. The van der Waals surface area contributed by atoms with Crippen molar-refractivity contribution in [3.63, 3.8) is 0 Å². The molecule has 6 nitrogen and oxygen atoms in total. The first-order valence-electron chi connectivity index (χ1n) is 11.6. The summed E-state index contributed by atoms with van der Waals surface area (Å²) in [4.78, 5) is 30.2. The van der Waals surface area contributed by atoms with Gasteiger partial charge < -0.3 is 19.9 Å². The van der Waals surface area contributed by atoms with Gasteiger partial charge in [0.15, 0.2) is 0 Å². The molecule has 3 rings (SSSR count). The number of carbonyl (C=O) groups excluding carboxylic acids is 2. The maximum Gasteiger partial charge on any atom is 0.407 e. The molecule has 2 N–H and O–H groups in total. The summed E-state index contributed by atoms with van der Waals surface area (Å²) in [6.45, 7) is 10.9. The minimum Gasteiger partial charge on any atom is -0.444 e. The summed E-state index contributed by atoms with van der Waals surface area (Å²) < 4.78 is 19.0. The number of unbranched alkanes of at least 4 members (excludes halogenated alkanes) is 1. The van der Waals surface area contributed by atoms with E-state index in [0.29, 0.717) is 38.3 Å². The van der Waals surface area contributed by atoms with Gasteiger partial charge in [0, 0.05) is 36.1 Å². The molecule has 1 atom stereocenters. The quantitative estimate of drug-likeness (QED) is 0.555. The summed E-state index contributed by atoms with van der Waals surface area (Å²) in [6.07, 6.45) is 3.04. The Hall–Kier alpha value is -2.57. The van der Waals surface area contributed by atoms with Crippen molar-refractivity contribution < 1.29 is 18.7 Å². The molecule has 1 aromatic heterocycles. The van der Waals surface area contributed by atoms with Gasteiger partial charge in [0.2, 0.25) is 5.91 Å². The van der Waals surface area contributed by atoms with Crippen LogP contribution in [0.1, 0.15) is 77.6 Å². The molecule has 176 valence electrons. The third-order valence-electron chi connectivity index (χ3n) is 5.71. The zero-order valence-electron chi connectivity index (χ0n) is 19.9. The lowest BCUT2D eigenvalue weighted by Crippen LogP contribution is -2.40. The van der Waals surface area contributed by atoms with Gasteiger partial charge in [-0.3, -0.25) is 4.79 Å². The molecular weight excluding hydrogens is 409 g/mol. The summed E-state index contributed by atoms with van der Waals surface area (Å²) in [6, 6.07) is 4.84. The summed E-state index contributed by atoms with van der Waals surface area (Å²) in [5.74, 6) is 0.287. The van der Waals surface area contributed by atoms with E-state index in [1.807, 2.05) is 31.7 Å². The van der Waals surface area contributed by atoms with Crippen LogP contribution >= 0.6 is 0 Å². The topological polar surface area (TPSA) is 74.4 Å². The van der Waals surface area contributed by atoms with E-state index in [4.69, 9.17) is 4.74 Å². The van der Waals surface area contributed by atoms with Crippen LogP contribution in [0.3, 0.4) is 0 Å². The zero-order chi connectivity index (χ0) is 23.5. The third-order valence-corrected chi connectivity index (χ3v) is 5.71. The normalized spacial score (nSPS) is 16.3. The van der Waals surface area contributed by atoms with Crippen LogP contribution in [0.15, 0.2) is 18.2 Å². The molecule has 0 spiro atoms. The SMILES string of the molecule is CC(C)CC1c2[nH]c3cc(F)ccc3c2CCN1C(=O)CCCCNC(=O)OC(C)(C)C. The van der Waals surface area contributed by atoms with Crippen molar-refractivity contribution in [3.8, 4) is 0 Å². The number of carbonyl (C=O) groups is 2. The fourth-order valence-corrected chi connectivity index (χ4v) is 4.39. The monoisotopic (exact) mass is 445 g/mol.